The molecule has 0 aromatic carbocycles. The van der Waals surface area contributed by atoms with Gasteiger partial charge in [0.25, 0.3) is 0 Å². The minimum Gasteiger partial charge on any atom is -0.352 e. The van der Waals surface area contributed by atoms with Gasteiger partial charge in [0.1, 0.15) is 5.41 Å². The lowest BCUT2D eigenvalue weighted by Crippen LogP contribution is -2.60. The molecule has 0 unspecified atom stereocenters. The molecule has 0 saturated heterocycles. The summed E-state index contributed by atoms with van der Waals surface area (Å²) in [4.78, 5) is 36.5. The lowest BCUT2D eigenvalue weighted by Gasteiger charge is -2.42. The maximum atomic E-state index is 13.0. The van der Waals surface area contributed by atoms with Crippen molar-refractivity contribution in [2.45, 2.75) is 85.2 Å². The molecule has 5 N–H and O–H groups in total. The first-order valence-electron chi connectivity index (χ1n) is 9.45. The molecule has 1 fully saturated rings. The summed E-state index contributed by atoms with van der Waals surface area (Å²) in [5, 5.41) is 8.63. The van der Waals surface area contributed by atoms with E-state index in [-0.39, 0.29) is 28.8 Å². The Morgan fingerprint density at radius 1 is 1.04 bits per heavy atom. The predicted molar refractivity (Wildman–Crippen MR) is 102 cm³/mol. The van der Waals surface area contributed by atoms with Crippen LogP contribution in [0.2, 0.25) is 0 Å². The molecular weight excluding hydrogens is 332 g/mol. The number of nitrogens with two attached hydrogens (primary N) is 1. The van der Waals surface area contributed by atoms with Gasteiger partial charge in [0.05, 0.1) is 0 Å². The molecule has 0 heterocycles. The first-order chi connectivity index (χ1) is 11.8. The molecule has 0 radical (unpaired) electrons. The van der Waals surface area contributed by atoms with Crippen LogP contribution in [0.15, 0.2) is 0 Å². The van der Waals surface area contributed by atoms with Gasteiger partial charge in [-0.25, -0.2) is 4.79 Å². The summed E-state index contributed by atoms with van der Waals surface area (Å²) in [6, 6.07) is -0.641. The van der Waals surface area contributed by atoms with Crippen LogP contribution in [0.5, 0.6) is 0 Å². The molecule has 150 valence electrons. The average molecular weight is 369 g/mol. The molecule has 0 spiro atoms. The Kier molecular flexibility index (Phi) is 7.08. The van der Waals surface area contributed by atoms with Crippen LogP contribution in [0, 0.1) is 10.8 Å². The minimum absolute atomic E-state index is 0.0930. The summed E-state index contributed by atoms with van der Waals surface area (Å²) in [5.74, 6) is -0.370. The van der Waals surface area contributed by atoms with E-state index < -0.39 is 11.4 Å². The molecule has 1 aliphatic carbocycles. The quantitative estimate of drug-likeness (QED) is 0.407. The number of amides is 4. The molecule has 26 heavy (non-hydrogen) atoms. The summed E-state index contributed by atoms with van der Waals surface area (Å²) in [5.41, 5.74) is 3.59. The van der Waals surface area contributed by atoms with Crippen LogP contribution < -0.4 is 21.7 Å². The second-order valence-corrected chi connectivity index (χ2v) is 9.47. The van der Waals surface area contributed by atoms with Crippen LogP contribution in [0.3, 0.4) is 0 Å². The van der Waals surface area contributed by atoms with Crippen molar-refractivity contribution < 1.29 is 14.4 Å². The van der Waals surface area contributed by atoms with E-state index in [1.54, 1.807) is 0 Å². The smallest absolute Gasteiger partial charge is 0.312 e. The van der Waals surface area contributed by atoms with Crippen molar-refractivity contribution in [2.75, 3.05) is 6.54 Å². The topological polar surface area (TPSA) is 113 Å². The van der Waals surface area contributed by atoms with Gasteiger partial charge in [-0.3, -0.25) is 9.59 Å². The molecule has 1 atom stereocenters. The Balaban J connectivity index is 2.77. The summed E-state index contributed by atoms with van der Waals surface area (Å²) in [6.07, 6.45) is 3.45. The number of nitrogens with one attached hydrogen (secondary N) is 3. The average Bonchev–Trinajstić information content (AvgIpc) is 2.37. The van der Waals surface area contributed by atoms with Crippen LogP contribution >= 0.6 is 0 Å². The van der Waals surface area contributed by atoms with Crippen molar-refractivity contribution >= 4 is 17.8 Å². The Morgan fingerprint density at radius 2 is 1.62 bits per heavy atom. The van der Waals surface area contributed by atoms with E-state index in [1.165, 1.54) is 0 Å². The fourth-order valence-corrected chi connectivity index (χ4v) is 3.08. The maximum absolute atomic E-state index is 13.0. The Morgan fingerprint density at radius 3 is 2.00 bits per heavy atom. The monoisotopic (exact) mass is 368 g/mol. The van der Waals surface area contributed by atoms with Gasteiger partial charge in [-0.05, 0) is 51.9 Å². The second-order valence-electron chi connectivity index (χ2n) is 9.47. The van der Waals surface area contributed by atoms with Gasteiger partial charge < -0.3 is 21.7 Å². The van der Waals surface area contributed by atoms with Crippen molar-refractivity contribution in [1.82, 2.24) is 16.0 Å². The third-order valence-electron chi connectivity index (χ3n) is 4.88. The molecule has 1 aliphatic rings. The van der Waals surface area contributed by atoms with E-state index in [1.807, 2.05) is 20.8 Å². The zero-order chi connectivity index (χ0) is 20.2. The van der Waals surface area contributed by atoms with Crippen LogP contribution in [0.1, 0.15) is 73.6 Å². The molecule has 0 aliphatic heterocycles. The highest BCUT2D eigenvalue weighted by Gasteiger charge is 2.52. The van der Waals surface area contributed by atoms with E-state index in [4.69, 9.17) is 5.73 Å². The van der Waals surface area contributed by atoms with E-state index in [0.29, 0.717) is 32.2 Å². The largest absolute Gasteiger partial charge is 0.352 e. The SMILES string of the molecule is CC(C)(C)NC(=O)C1(C(=O)N[C@@H](CCCNC(N)=O)C(C)(C)C)CCC1. The minimum atomic E-state index is -0.956. The summed E-state index contributed by atoms with van der Waals surface area (Å²) >= 11 is 0. The molecule has 0 bridgehead atoms. The number of hydrogen-bond donors (Lipinski definition) is 4. The summed E-state index contributed by atoms with van der Waals surface area (Å²) < 4.78 is 0. The Hall–Kier alpha value is -1.79. The fraction of sp³-hybridized carbons (Fsp3) is 0.842. The lowest BCUT2D eigenvalue weighted by molar-refractivity contribution is -0.151. The normalized spacial score (nSPS) is 17.6. The highest BCUT2D eigenvalue weighted by atomic mass is 16.2. The highest BCUT2D eigenvalue weighted by molar-refractivity contribution is 6.06. The van der Waals surface area contributed by atoms with Crippen molar-refractivity contribution in [3.8, 4) is 0 Å². The Labute approximate surface area is 157 Å². The van der Waals surface area contributed by atoms with Gasteiger partial charge in [0.15, 0.2) is 0 Å². The third kappa shape index (κ3) is 6.18. The highest BCUT2D eigenvalue weighted by Crippen LogP contribution is 2.42. The van der Waals surface area contributed by atoms with E-state index in [2.05, 4.69) is 36.7 Å². The second kappa shape index (κ2) is 8.27. The number of carbonyl (C=O) groups is 3. The van der Waals surface area contributed by atoms with Gasteiger partial charge in [0.2, 0.25) is 11.8 Å². The number of primary amides is 1. The molecule has 0 aromatic rings. The van der Waals surface area contributed by atoms with Gasteiger partial charge >= 0.3 is 6.03 Å². The van der Waals surface area contributed by atoms with Gasteiger partial charge in [-0.15, -0.1) is 0 Å². The first kappa shape index (κ1) is 22.3. The maximum Gasteiger partial charge on any atom is 0.312 e. The van der Waals surface area contributed by atoms with Gasteiger partial charge in [0, 0.05) is 18.1 Å². The number of carbonyl (C=O) groups excluding carboxylic acids is 3. The first-order valence-corrected chi connectivity index (χ1v) is 9.45. The molecule has 1 rings (SSSR count). The summed E-state index contributed by atoms with van der Waals surface area (Å²) in [7, 11) is 0. The number of hydrogen-bond acceptors (Lipinski definition) is 3. The number of rotatable bonds is 7. The van der Waals surface area contributed by atoms with E-state index >= 15 is 0 Å². The molecule has 7 heteroatoms. The van der Waals surface area contributed by atoms with Crippen molar-refractivity contribution in [3.63, 3.8) is 0 Å². The molecule has 4 amide bonds. The molecule has 1 saturated carbocycles. The number of urea groups is 1. The van der Waals surface area contributed by atoms with Crippen LogP contribution in [-0.4, -0.2) is 36.0 Å². The van der Waals surface area contributed by atoms with E-state index in [0.717, 1.165) is 6.42 Å². The zero-order valence-electron chi connectivity index (χ0n) is 17.1. The fourth-order valence-electron chi connectivity index (χ4n) is 3.08. The van der Waals surface area contributed by atoms with Gasteiger partial charge in [-0.1, -0.05) is 27.2 Å². The van der Waals surface area contributed by atoms with Crippen molar-refractivity contribution in [3.05, 3.63) is 0 Å². The Bertz CT molecular complexity index is 528. The predicted octanol–water partition coefficient (Wildman–Crippen LogP) is 2.05. The van der Waals surface area contributed by atoms with Gasteiger partial charge in [-0.2, -0.15) is 0 Å². The molecular formula is C19H36N4O3. The van der Waals surface area contributed by atoms with Crippen molar-refractivity contribution in [1.29, 1.82) is 0 Å². The standard InChI is InChI=1S/C19H36N4O3/c1-17(2,3)13(9-7-12-21-16(20)26)22-14(24)19(10-8-11-19)15(25)23-18(4,5)6/h13H,7-12H2,1-6H3,(H,22,24)(H,23,25)(H3,20,21,26)/t13-/m0/s1. The van der Waals surface area contributed by atoms with Crippen molar-refractivity contribution in [2.24, 2.45) is 16.6 Å². The van der Waals surface area contributed by atoms with E-state index in [9.17, 15) is 14.4 Å². The summed E-state index contributed by atoms with van der Waals surface area (Å²) in [6.45, 7) is 12.4. The zero-order valence-corrected chi connectivity index (χ0v) is 17.1. The van der Waals surface area contributed by atoms with Crippen LogP contribution in [-0.2, 0) is 9.59 Å². The van der Waals surface area contributed by atoms with Crippen LogP contribution in [0.4, 0.5) is 4.79 Å². The van der Waals surface area contributed by atoms with Crippen LogP contribution in [0.25, 0.3) is 0 Å². The molecule has 7 nitrogen and oxygen atoms in total. The molecule has 0 aromatic heterocycles. The third-order valence-corrected chi connectivity index (χ3v) is 4.88. The lowest BCUT2D eigenvalue weighted by atomic mass is 9.66.